The van der Waals surface area contributed by atoms with Gasteiger partial charge in [-0.05, 0) is 120 Å². The van der Waals surface area contributed by atoms with Crippen molar-refractivity contribution in [3.05, 3.63) is 64.6 Å². The summed E-state index contributed by atoms with van der Waals surface area (Å²) in [6.45, 7) is 2.44. The maximum absolute atomic E-state index is 13.5. The maximum atomic E-state index is 13.5. The molecule has 4 saturated carbocycles. The van der Waals surface area contributed by atoms with Gasteiger partial charge in [-0.1, -0.05) is 30.3 Å². The second kappa shape index (κ2) is 9.09. The molecule has 35 heavy (non-hydrogen) atoms. The fourth-order valence-electron chi connectivity index (χ4n) is 6.99. The number of aliphatic imine (C=N–C) groups is 1. The monoisotopic (exact) mass is 531 g/mol. The van der Waals surface area contributed by atoms with Gasteiger partial charge in [-0.15, -0.1) is 0 Å². The number of carbonyl (C=O) groups is 1. The molecule has 0 saturated heterocycles. The lowest BCUT2D eigenvalue weighted by atomic mass is 9.49. The highest BCUT2D eigenvalue weighted by atomic mass is 79.9. The lowest BCUT2D eigenvalue weighted by Gasteiger charge is -2.55. The zero-order valence-electron chi connectivity index (χ0n) is 20.0. The summed E-state index contributed by atoms with van der Waals surface area (Å²) >= 11 is 3.70. The predicted molar refractivity (Wildman–Crippen MR) is 143 cm³/mol. The Balaban J connectivity index is 1.23. The molecule has 5 heteroatoms. The largest absolute Gasteiger partial charge is 0.490 e. The van der Waals surface area contributed by atoms with E-state index in [1.807, 2.05) is 49.5 Å². The van der Waals surface area contributed by atoms with E-state index in [0.29, 0.717) is 35.9 Å². The van der Waals surface area contributed by atoms with Crippen LogP contribution >= 0.6 is 15.9 Å². The summed E-state index contributed by atoms with van der Waals surface area (Å²) in [7, 11) is 0. The molecular formula is C30H30BrNO3. The van der Waals surface area contributed by atoms with Gasteiger partial charge in [0.15, 0.2) is 11.5 Å². The van der Waals surface area contributed by atoms with Gasteiger partial charge in [-0.2, -0.15) is 0 Å². The quantitative estimate of drug-likeness (QED) is 0.184. The van der Waals surface area contributed by atoms with Gasteiger partial charge < -0.3 is 9.47 Å². The fourth-order valence-corrected chi connectivity index (χ4v) is 7.59. The number of rotatable bonds is 6. The molecular weight excluding hydrogens is 502 g/mol. The number of fused-ring (bicyclic) bond motifs is 1. The summed E-state index contributed by atoms with van der Waals surface area (Å²) in [4.78, 5) is 18.2. The number of nitrogens with zero attached hydrogens (tertiary/aromatic N) is 1. The molecule has 0 N–H and O–H groups in total. The van der Waals surface area contributed by atoms with Crippen LogP contribution < -0.4 is 9.47 Å². The average Bonchev–Trinajstić information content (AvgIpc) is 2.84. The molecule has 4 fully saturated rings. The molecule has 4 bridgehead atoms. The van der Waals surface area contributed by atoms with Gasteiger partial charge in [-0.3, -0.25) is 9.79 Å². The minimum Gasteiger partial charge on any atom is -0.490 e. The molecule has 0 heterocycles. The van der Waals surface area contributed by atoms with Crippen LogP contribution in [0.5, 0.6) is 11.5 Å². The van der Waals surface area contributed by atoms with Crippen molar-refractivity contribution in [3.8, 4) is 11.5 Å². The molecule has 0 spiro atoms. The number of hydrogen-bond acceptors (Lipinski definition) is 4. The maximum Gasteiger partial charge on any atom is 0.317 e. The number of esters is 1. The first-order valence-corrected chi connectivity index (χ1v) is 13.5. The second-order valence-electron chi connectivity index (χ2n) is 10.6. The minimum atomic E-state index is -0.291. The zero-order valence-corrected chi connectivity index (χ0v) is 21.6. The Morgan fingerprint density at radius 1 is 1.00 bits per heavy atom. The molecule has 0 unspecified atom stereocenters. The highest BCUT2D eigenvalue weighted by Gasteiger charge is 2.55. The van der Waals surface area contributed by atoms with Crippen molar-refractivity contribution in [1.29, 1.82) is 0 Å². The van der Waals surface area contributed by atoms with Gasteiger partial charge in [0.2, 0.25) is 0 Å². The highest BCUT2D eigenvalue weighted by molar-refractivity contribution is 9.10. The van der Waals surface area contributed by atoms with Crippen LogP contribution in [-0.4, -0.2) is 18.8 Å². The van der Waals surface area contributed by atoms with Crippen LogP contribution in [0.25, 0.3) is 10.8 Å². The summed E-state index contributed by atoms with van der Waals surface area (Å²) < 4.78 is 12.9. The summed E-state index contributed by atoms with van der Waals surface area (Å²) in [5.41, 5.74) is 1.46. The Morgan fingerprint density at radius 2 is 1.71 bits per heavy atom. The van der Waals surface area contributed by atoms with Crippen LogP contribution in [0.1, 0.15) is 51.0 Å². The van der Waals surface area contributed by atoms with Crippen LogP contribution in [-0.2, 0) is 4.79 Å². The van der Waals surface area contributed by atoms with Gasteiger partial charge in [-0.25, -0.2) is 0 Å². The lowest BCUT2D eigenvalue weighted by Crippen LogP contribution is -2.51. The van der Waals surface area contributed by atoms with Gasteiger partial charge in [0, 0.05) is 6.21 Å². The Bertz CT molecular complexity index is 1280. The van der Waals surface area contributed by atoms with Crippen LogP contribution in [0.15, 0.2) is 64.1 Å². The van der Waals surface area contributed by atoms with Crippen molar-refractivity contribution >= 4 is 44.6 Å². The van der Waals surface area contributed by atoms with Crippen molar-refractivity contribution in [2.24, 2.45) is 28.2 Å². The van der Waals surface area contributed by atoms with E-state index >= 15 is 0 Å². The van der Waals surface area contributed by atoms with Gasteiger partial charge in [0.25, 0.3) is 0 Å². The van der Waals surface area contributed by atoms with Gasteiger partial charge >= 0.3 is 5.97 Å². The Labute approximate surface area is 214 Å². The molecule has 4 nitrogen and oxygen atoms in total. The van der Waals surface area contributed by atoms with E-state index in [9.17, 15) is 4.79 Å². The smallest absolute Gasteiger partial charge is 0.317 e. The summed E-state index contributed by atoms with van der Waals surface area (Å²) in [6.07, 6.45) is 8.71. The second-order valence-corrected chi connectivity index (χ2v) is 11.4. The molecule has 0 aliphatic heterocycles. The Kier molecular flexibility index (Phi) is 5.92. The molecule has 7 rings (SSSR count). The number of ether oxygens (including phenoxy) is 2. The molecule has 4 aliphatic carbocycles. The molecule has 0 aromatic heterocycles. The lowest BCUT2D eigenvalue weighted by molar-refractivity contribution is -0.161. The standard InChI is InChI=1S/C30H30BrNO3/c1-2-34-27-14-19(18-32-25-9-8-23-5-3-4-6-24(23)28(25)31)7-10-26(27)35-29(33)30-15-20-11-21(16-30)13-22(12-20)17-30/h3-10,14,18,20-22H,2,11-13,15-17H2,1H3. The summed E-state index contributed by atoms with van der Waals surface area (Å²) in [6, 6.07) is 18.0. The first-order chi connectivity index (χ1) is 17.0. The number of carbonyl (C=O) groups excluding carboxylic acids is 1. The van der Waals surface area contributed by atoms with E-state index in [1.54, 1.807) is 0 Å². The van der Waals surface area contributed by atoms with E-state index in [1.165, 1.54) is 24.6 Å². The normalized spacial score (nSPS) is 27.0. The molecule has 0 amide bonds. The van der Waals surface area contributed by atoms with Crippen LogP contribution in [0.4, 0.5) is 5.69 Å². The molecule has 180 valence electrons. The predicted octanol–water partition coefficient (Wildman–Crippen LogP) is 7.87. The molecule has 3 aromatic rings. The van der Waals surface area contributed by atoms with Crippen molar-refractivity contribution in [2.45, 2.75) is 45.4 Å². The molecule has 0 atom stereocenters. The van der Waals surface area contributed by atoms with Crippen molar-refractivity contribution < 1.29 is 14.3 Å². The topological polar surface area (TPSA) is 47.9 Å². The third-order valence-corrected chi connectivity index (χ3v) is 8.97. The average molecular weight is 532 g/mol. The van der Waals surface area contributed by atoms with E-state index in [4.69, 9.17) is 14.5 Å². The Morgan fingerprint density at radius 3 is 2.43 bits per heavy atom. The third-order valence-electron chi connectivity index (χ3n) is 8.14. The highest BCUT2D eigenvalue weighted by Crippen LogP contribution is 2.60. The first kappa shape index (κ1) is 22.8. The van der Waals surface area contributed by atoms with E-state index in [-0.39, 0.29) is 11.4 Å². The zero-order chi connectivity index (χ0) is 24.0. The SMILES string of the molecule is CCOc1cc(C=Nc2ccc3ccccc3c2Br)ccc1OC(=O)C12CC3CC(CC(C3)C1)C2. The number of benzene rings is 3. The molecule has 0 radical (unpaired) electrons. The van der Waals surface area contributed by atoms with Crippen LogP contribution in [0.2, 0.25) is 0 Å². The van der Waals surface area contributed by atoms with Gasteiger partial charge in [0.1, 0.15) is 0 Å². The third kappa shape index (κ3) is 4.29. The fraction of sp³-hybridized carbons (Fsp3) is 0.400. The van der Waals surface area contributed by atoms with Crippen LogP contribution in [0, 0.1) is 23.2 Å². The number of hydrogen-bond donors (Lipinski definition) is 0. The first-order valence-electron chi connectivity index (χ1n) is 12.7. The van der Waals surface area contributed by atoms with Crippen LogP contribution in [0.3, 0.4) is 0 Å². The minimum absolute atomic E-state index is 0.0564. The molecule has 4 aliphatic rings. The van der Waals surface area contributed by atoms with E-state index in [2.05, 4.69) is 34.1 Å². The van der Waals surface area contributed by atoms with Crippen molar-refractivity contribution in [2.75, 3.05) is 6.61 Å². The van der Waals surface area contributed by atoms with E-state index < -0.39 is 0 Å². The van der Waals surface area contributed by atoms with Crippen molar-refractivity contribution in [1.82, 2.24) is 0 Å². The van der Waals surface area contributed by atoms with E-state index in [0.717, 1.165) is 40.4 Å². The summed E-state index contributed by atoms with van der Waals surface area (Å²) in [5, 5.41) is 2.30. The van der Waals surface area contributed by atoms with Gasteiger partial charge in [0.05, 0.1) is 22.2 Å². The number of halogens is 1. The Hall–Kier alpha value is -2.66. The summed E-state index contributed by atoms with van der Waals surface area (Å²) in [5.74, 6) is 3.15. The van der Waals surface area contributed by atoms with Crippen molar-refractivity contribution in [3.63, 3.8) is 0 Å². The molecule has 3 aromatic carbocycles.